The third-order valence-electron chi connectivity index (χ3n) is 4.48. The van der Waals surface area contributed by atoms with E-state index in [1.807, 2.05) is 24.3 Å². The molecular weight excluding hydrogens is 344 g/mol. The highest BCUT2D eigenvalue weighted by molar-refractivity contribution is 5.94. The van der Waals surface area contributed by atoms with Crippen molar-refractivity contribution in [1.82, 2.24) is 15.3 Å². The van der Waals surface area contributed by atoms with E-state index < -0.39 is 0 Å². The van der Waals surface area contributed by atoms with E-state index in [0.29, 0.717) is 31.1 Å². The van der Waals surface area contributed by atoms with Gasteiger partial charge in [-0.15, -0.1) is 0 Å². The fraction of sp³-hybridized carbons (Fsp3) is 0.250. The Morgan fingerprint density at radius 3 is 2.70 bits per heavy atom. The number of pyridine rings is 1. The number of carbonyl (C=O) groups is 1. The minimum Gasteiger partial charge on any atom is -0.444 e. The molecule has 0 unspecified atom stereocenters. The molecule has 0 radical (unpaired) electrons. The van der Waals surface area contributed by atoms with E-state index in [9.17, 15) is 4.79 Å². The van der Waals surface area contributed by atoms with Crippen molar-refractivity contribution in [2.24, 2.45) is 0 Å². The SMILES string of the molecule is O=C(NCc1cccnc1N1CCOCC1)c1ccc(-c2cnco2)cc1. The highest BCUT2D eigenvalue weighted by Crippen LogP contribution is 2.20. The molecule has 7 nitrogen and oxygen atoms in total. The van der Waals surface area contributed by atoms with Gasteiger partial charge in [-0.3, -0.25) is 4.79 Å². The van der Waals surface area contributed by atoms with Crippen LogP contribution < -0.4 is 10.2 Å². The van der Waals surface area contributed by atoms with Gasteiger partial charge >= 0.3 is 0 Å². The summed E-state index contributed by atoms with van der Waals surface area (Å²) in [7, 11) is 0. The number of carbonyl (C=O) groups excluding carboxylic acids is 1. The van der Waals surface area contributed by atoms with Crippen molar-refractivity contribution >= 4 is 11.7 Å². The van der Waals surface area contributed by atoms with Gasteiger partial charge in [-0.1, -0.05) is 18.2 Å². The zero-order valence-corrected chi connectivity index (χ0v) is 14.8. The van der Waals surface area contributed by atoms with Crippen molar-refractivity contribution in [3.8, 4) is 11.3 Å². The quantitative estimate of drug-likeness (QED) is 0.749. The molecule has 1 amide bonds. The number of rotatable bonds is 5. The molecule has 0 aliphatic carbocycles. The van der Waals surface area contributed by atoms with Crippen LogP contribution in [-0.2, 0) is 11.3 Å². The van der Waals surface area contributed by atoms with E-state index in [4.69, 9.17) is 9.15 Å². The molecule has 1 fully saturated rings. The third-order valence-corrected chi connectivity index (χ3v) is 4.48. The summed E-state index contributed by atoms with van der Waals surface area (Å²) in [5.74, 6) is 1.45. The van der Waals surface area contributed by atoms with E-state index in [-0.39, 0.29) is 5.91 Å². The molecule has 3 heterocycles. The molecule has 1 N–H and O–H groups in total. The number of nitrogens with one attached hydrogen (secondary N) is 1. The van der Waals surface area contributed by atoms with Gasteiger partial charge in [0, 0.05) is 42.5 Å². The molecule has 138 valence electrons. The predicted octanol–water partition coefficient (Wildman–Crippen LogP) is 2.50. The number of anilines is 1. The number of amides is 1. The van der Waals surface area contributed by atoms with Crippen LogP contribution in [0.1, 0.15) is 15.9 Å². The minimum absolute atomic E-state index is 0.129. The average Bonchev–Trinajstić information content (AvgIpc) is 3.28. The molecule has 0 saturated carbocycles. The first-order valence-electron chi connectivity index (χ1n) is 8.85. The second-order valence-electron chi connectivity index (χ2n) is 6.21. The van der Waals surface area contributed by atoms with Gasteiger partial charge in [0.25, 0.3) is 5.91 Å². The van der Waals surface area contributed by atoms with Crippen LogP contribution in [0.4, 0.5) is 5.82 Å². The maximum absolute atomic E-state index is 12.5. The average molecular weight is 364 g/mol. The first kappa shape index (κ1) is 17.2. The Hall–Kier alpha value is -3.19. The zero-order chi connectivity index (χ0) is 18.5. The summed E-state index contributed by atoms with van der Waals surface area (Å²) in [5.41, 5.74) is 2.46. The molecular formula is C20H20N4O3. The Morgan fingerprint density at radius 1 is 1.15 bits per heavy atom. The standard InChI is InChI=1S/C20H20N4O3/c25-20(16-5-3-15(4-6-16)18-13-21-14-27-18)23-12-17-2-1-7-22-19(17)24-8-10-26-11-9-24/h1-7,13-14H,8-12H2,(H,23,25). The molecule has 1 aliphatic heterocycles. The topological polar surface area (TPSA) is 80.5 Å². The van der Waals surface area contributed by atoms with Crippen molar-refractivity contribution in [3.63, 3.8) is 0 Å². The summed E-state index contributed by atoms with van der Waals surface area (Å²) in [6.45, 7) is 3.42. The monoisotopic (exact) mass is 364 g/mol. The Morgan fingerprint density at radius 2 is 1.96 bits per heavy atom. The number of hydrogen-bond donors (Lipinski definition) is 1. The fourth-order valence-electron chi connectivity index (χ4n) is 3.05. The summed E-state index contributed by atoms with van der Waals surface area (Å²) in [4.78, 5) is 23.1. The third kappa shape index (κ3) is 3.98. The second kappa shape index (κ2) is 8.01. The zero-order valence-electron chi connectivity index (χ0n) is 14.8. The van der Waals surface area contributed by atoms with Crippen LogP contribution in [0, 0.1) is 0 Å². The summed E-state index contributed by atoms with van der Waals surface area (Å²) >= 11 is 0. The molecule has 0 atom stereocenters. The first-order chi connectivity index (χ1) is 13.3. The smallest absolute Gasteiger partial charge is 0.251 e. The van der Waals surface area contributed by atoms with Gasteiger partial charge in [0.15, 0.2) is 12.2 Å². The number of morpholine rings is 1. The lowest BCUT2D eigenvalue weighted by Crippen LogP contribution is -2.37. The highest BCUT2D eigenvalue weighted by Gasteiger charge is 2.16. The van der Waals surface area contributed by atoms with Gasteiger partial charge in [0.2, 0.25) is 0 Å². The van der Waals surface area contributed by atoms with Crippen LogP contribution in [0.25, 0.3) is 11.3 Å². The van der Waals surface area contributed by atoms with Gasteiger partial charge < -0.3 is 19.4 Å². The number of nitrogens with zero attached hydrogens (tertiary/aromatic N) is 3. The normalized spacial score (nSPS) is 14.1. The van der Waals surface area contributed by atoms with Crippen molar-refractivity contribution in [2.45, 2.75) is 6.54 Å². The first-order valence-corrected chi connectivity index (χ1v) is 8.85. The molecule has 3 aromatic rings. The number of aromatic nitrogens is 2. The van der Waals surface area contributed by atoms with Gasteiger partial charge in [-0.2, -0.15) is 0 Å². The second-order valence-corrected chi connectivity index (χ2v) is 6.21. The maximum Gasteiger partial charge on any atom is 0.251 e. The minimum atomic E-state index is -0.129. The van der Waals surface area contributed by atoms with Crippen molar-refractivity contribution < 1.29 is 13.9 Å². The Bertz CT molecular complexity index is 888. The van der Waals surface area contributed by atoms with E-state index in [2.05, 4.69) is 20.2 Å². The van der Waals surface area contributed by atoms with E-state index in [1.165, 1.54) is 6.39 Å². The molecule has 2 aromatic heterocycles. The lowest BCUT2D eigenvalue weighted by molar-refractivity contribution is 0.0950. The van der Waals surface area contributed by atoms with Gasteiger partial charge in [0.05, 0.1) is 19.4 Å². The lowest BCUT2D eigenvalue weighted by Gasteiger charge is -2.29. The summed E-state index contributed by atoms with van der Waals surface area (Å²) < 4.78 is 10.7. The summed E-state index contributed by atoms with van der Waals surface area (Å²) in [5, 5.41) is 2.98. The molecule has 4 rings (SSSR count). The van der Waals surface area contributed by atoms with Crippen LogP contribution in [0.15, 0.2) is 59.6 Å². The summed E-state index contributed by atoms with van der Waals surface area (Å²) in [6.07, 6.45) is 4.80. The van der Waals surface area contributed by atoms with Crippen LogP contribution in [0.3, 0.4) is 0 Å². The lowest BCUT2D eigenvalue weighted by atomic mass is 10.1. The van der Waals surface area contributed by atoms with E-state index in [1.54, 1.807) is 24.5 Å². The van der Waals surface area contributed by atoms with Gasteiger partial charge in [0.1, 0.15) is 5.82 Å². The molecule has 7 heteroatoms. The molecule has 27 heavy (non-hydrogen) atoms. The fourth-order valence-corrected chi connectivity index (χ4v) is 3.05. The van der Waals surface area contributed by atoms with Gasteiger partial charge in [-0.05, 0) is 18.2 Å². The van der Waals surface area contributed by atoms with E-state index in [0.717, 1.165) is 30.0 Å². The molecule has 0 bridgehead atoms. The van der Waals surface area contributed by atoms with Crippen LogP contribution in [0.5, 0.6) is 0 Å². The Labute approximate surface area is 157 Å². The number of hydrogen-bond acceptors (Lipinski definition) is 6. The summed E-state index contributed by atoms with van der Waals surface area (Å²) in [6, 6.07) is 11.1. The van der Waals surface area contributed by atoms with Gasteiger partial charge in [-0.25, -0.2) is 9.97 Å². The molecule has 1 aromatic carbocycles. The molecule has 1 aliphatic rings. The van der Waals surface area contributed by atoms with Crippen molar-refractivity contribution in [2.75, 3.05) is 31.2 Å². The Kier molecular flexibility index (Phi) is 5.11. The van der Waals surface area contributed by atoms with Crippen LogP contribution in [0.2, 0.25) is 0 Å². The molecule has 1 saturated heterocycles. The van der Waals surface area contributed by atoms with E-state index >= 15 is 0 Å². The maximum atomic E-state index is 12.5. The Balaban J connectivity index is 1.42. The molecule has 0 spiro atoms. The van der Waals surface area contributed by atoms with Crippen LogP contribution in [-0.4, -0.2) is 42.2 Å². The van der Waals surface area contributed by atoms with Crippen molar-refractivity contribution in [3.05, 3.63) is 66.3 Å². The highest BCUT2D eigenvalue weighted by atomic mass is 16.5. The number of ether oxygens (including phenoxy) is 1. The number of oxazole rings is 1. The van der Waals surface area contributed by atoms with Crippen LogP contribution >= 0.6 is 0 Å². The predicted molar refractivity (Wildman–Crippen MR) is 100 cm³/mol. The number of benzene rings is 1. The van der Waals surface area contributed by atoms with Crippen molar-refractivity contribution in [1.29, 1.82) is 0 Å². The largest absolute Gasteiger partial charge is 0.444 e.